The lowest BCUT2D eigenvalue weighted by atomic mass is 9.96. The molecule has 3 atom stereocenters. The van der Waals surface area contributed by atoms with Crippen molar-refractivity contribution in [3.05, 3.63) is 71.4 Å². The zero-order valence-electron chi connectivity index (χ0n) is 16.5. The zero-order chi connectivity index (χ0) is 20.1. The van der Waals surface area contributed by atoms with Crippen LogP contribution in [-0.2, 0) is 11.3 Å². The molecule has 28 heavy (non-hydrogen) atoms. The number of ether oxygens (including phenoxy) is 1. The number of aromatic nitrogens is 1. The highest BCUT2D eigenvalue weighted by atomic mass is 16.5. The molecule has 3 N–H and O–H groups in total. The number of aliphatic hydroxyl groups excluding tert-OH is 3. The number of aliphatic hydroxyl groups is 3. The van der Waals surface area contributed by atoms with Crippen molar-refractivity contribution in [1.29, 1.82) is 0 Å². The van der Waals surface area contributed by atoms with E-state index in [1.807, 2.05) is 0 Å². The van der Waals surface area contributed by atoms with Crippen LogP contribution in [0.15, 0.2) is 54.7 Å². The molecule has 0 spiro atoms. The predicted octanol–water partition coefficient (Wildman–Crippen LogP) is 3.18. The summed E-state index contributed by atoms with van der Waals surface area (Å²) in [6.45, 7) is 2.86. The lowest BCUT2D eigenvalue weighted by Gasteiger charge is -2.32. The molecular formula is C23H29NO4. The van der Waals surface area contributed by atoms with Gasteiger partial charge >= 0.3 is 0 Å². The highest BCUT2D eigenvalue weighted by molar-refractivity contribution is 5.81. The van der Waals surface area contributed by atoms with Gasteiger partial charge in [-0.3, -0.25) is 0 Å². The van der Waals surface area contributed by atoms with Crippen molar-refractivity contribution in [3.63, 3.8) is 0 Å². The number of nitrogens with zero attached hydrogens (tertiary/aromatic N) is 1. The Bertz CT molecular complexity index is 887. The number of hydrogen-bond acceptors (Lipinski definition) is 4. The van der Waals surface area contributed by atoms with Crippen molar-refractivity contribution in [2.24, 2.45) is 0 Å². The van der Waals surface area contributed by atoms with E-state index in [2.05, 4.69) is 66.2 Å². The van der Waals surface area contributed by atoms with Gasteiger partial charge in [-0.25, -0.2) is 0 Å². The predicted molar refractivity (Wildman–Crippen MR) is 110 cm³/mol. The fraction of sp³-hybridized carbons (Fsp3) is 0.391. The minimum absolute atomic E-state index is 0.0559. The van der Waals surface area contributed by atoms with Crippen LogP contribution in [0, 0.1) is 6.92 Å². The van der Waals surface area contributed by atoms with Crippen LogP contribution in [-0.4, -0.2) is 45.8 Å². The maximum Gasteiger partial charge on any atom is 0.0855 e. The van der Waals surface area contributed by atoms with Crippen LogP contribution >= 0.6 is 0 Å². The Morgan fingerprint density at radius 2 is 1.79 bits per heavy atom. The van der Waals surface area contributed by atoms with E-state index in [0.29, 0.717) is 12.8 Å². The highest BCUT2D eigenvalue weighted by Crippen LogP contribution is 2.33. The normalized spacial score (nSPS) is 22.0. The van der Waals surface area contributed by atoms with Gasteiger partial charge in [0.15, 0.2) is 0 Å². The standard InChI is InChI=1S/C22H25NO3.CH4O/c1-15-2-4-16(5-3-15)13-23-9-8-17-6-7-18(10-21(17)23)22-12-19(25)11-20(14-24)26-22;1-2/h2-10,19-20,22,24-25H,11-14H2,1H3;2H,1H3. The molecule has 1 saturated heterocycles. The summed E-state index contributed by atoms with van der Waals surface area (Å²) in [5.41, 5.74) is 4.74. The van der Waals surface area contributed by atoms with Gasteiger partial charge in [0.25, 0.3) is 0 Å². The van der Waals surface area contributed by atoms with Crippen LogP contribution in [0.1, 0.15) is 35.6 Å². The van der Waals surface area contributed by atoms with E-state index in [-0.39, 0.29) is 18.8 Å². The second-order valence-electron chi connectivity index (χ2n) is 7.30. The molecule has 1 aliphatic rings. The smallest absolute Gasteiger partial charge is 0.0855 e. The Labute approximate surface area is 165 Å². The Hall–Kier alpha value is -2.18. The van der Waals surface area contributed by atoms with Crippen molar-refractivity contribution in [2.75, 3.05) is 13.7 Å². The van der Waals surface area contributed by atoms with Gasteiger partial charge < -0.3 is 24.6 Å². The van der Waals surface area contributed by atoms with Crippen molar-refractivity contribution < 1.29 is 20.1 Å². The lowest BCUT2D eigenvalue weighted by molar-refractivity contribution is -0.113. The summed E-state index contributed by atoms with van der Waals surface area (Å²) in [6, 6.07) is 17.1. The van der Waals surface area contributed by atoms with E-state index in [1.165, 1.54) is 16.5 Å². The lowest BCUT2D eigenvalue weighted by Crippen LogP contribution is -2.33. The fourth-order valence-corrected chi connectivity index (χ4v) is 3.75. The Morgan fingerprint density at radius 1 is 1.04 bits per heavy atom. The molecule has 0 bridgehead atoms. The first-order valence-corrected chi connectivity index (χ1v) is 9.66. The molecule has 5 heteroatoms. The summed E-state index contributed by atoms with van der Waals surface area (Å²) in [4.78, 5) is 0. The first-order chi connectivity index (χ1) is 13.6. The van der Waals surface area contributed by atoms with Gasteiger partial charge in [0.2, 0.25) is 0 Å². The third kappa shape index (κ3) is 4.62. The zero-order valence-corrected chi connectivity index (χ0v) is 16.5. The van der Waals surface area contributed by atoms with E-state index < -0.39 is 6.10 Å². The monoisotopic (exact) mass is 383 g/mol. The maximum atomic E-state index is 10.1. The topological polar surface area (TPSA) is 74.9 Å². The van der Waals surface area contributed by atoms with E-state index in [4.69, 9.17) is 9.84 Å². The minimum atomic E-state index is -0.430. The number of aryl methyl sites for hydroxylation is 1. The molecular weight excluding hydrogens is 354 g/mol. The second-order valence-corrected chi connectivity index (χ2v) is 7.30. The average molecular weight is 383 g/mol. The summed E-state index contributed by atoms with van der Waals surface area (Å²) < 4.78 is 8.21. The van der Waals surface area contributed by atoms with Gasteiger partial charge in [0.1, 0.15) is 0 Å². The molecule has 2 aromatic carbocycles. The molecule has 0 saturated carbocycles. The third-order valence-corrected chi connectivity index (χ3v) is 5.22. The third-order valence-electron chi connectivity index (χ3n) is 5.22. The van der Waals surface area contributed by atoms with Gasteiger partial charge in [-0.15, -0.1) is 0 Å². The van der Waals surface area contributed by atoms with Crippen molar-refractivity contribution in [2.45, 2.75) is 44.6 Å². The minimum Gasteiger partial charge on any atom is -0.400 e. The van der Waals surface area contributed by atoms with Crippen LogP contribution in [0.5, 0.6) is 0 Å². The van der Waals surface area contributed by atoms with Crippen LogP contribution in [0.3, 0.4) is 0 Å². The number of fused-ring (bicyclic) bond motifs is 1. The maximum absolute atomic E-state index is 10.1. The Morgan fingerprint density at radius 3 is 2.50 bits per heavy atom. The van der Waals surface area contributed by atoms with Crippen molar-refractivity contribution in [1.82, 2.24) is 4.57 Å². The number of rotatable bonds is 4. The molecule has 4 rings (SSSR count). The van der Waals surface area contributed by atoms with E-state index in [0.717, 1.165) is 24.7 Å². The molecule has 1 aromatic heterocycles. The molecule has 3 aromatic rings. The van der Waals surface area contributed by atoms with Crippen LogP contribution in [0.2, 0.25) is 0 Å². The first-order valence-electron chi connectivity index (χ1n) is 9.66. The Balaban J connectivity index is 0.00000109. The van der Waals surface area contributed by atoms with Gasteiger partial charge in [0.05, 0.1) is 24.9 Å². The van der Waals surface area contributed by atoms with Gasteiger partial charge in [0, 0.05) is 38.2 Å². The molecule has 2 heterocycles. The van der Waals surface area contributed by atoms with Crippen molar-refractivity contribution in [3.8, 4) is 0 Å². The molecule has 1 fully saturated rings. The molecule has 150 valence electrons. The molecule has 3 unspecified atom stereocenters. The quantitative estimate of drug-likeness (QED) is 0.647. The van der Waals surface area contributed by atoms with E-state index >= 15 is 0 Å². The number of hydrogen-bond donors (Lipinski definition) is 3. The fourth-order valence-electron chi connectivity index (χ4n) is 3.75. The molecule has 5 nitrogen and oxygen atoms in total. The van der Waals surface area contributed by atoms with Gasteiger partial charge in [-0.2, -0.15) is 0 Å². The summed E-state index contributed by atoms with van der Waals surface area (Å²) in [5, 5.41) is 27.7. The largest absolute Gasteiger partial charge is 0.400 e. The molecule has 0 aliphatic carbocycles. The second kappa shape index (κ2) is 9.34. The van der Waals surface area contributed by atoms with Crippen molar-refractivity contribution >= 4 is 10.9 Å². The van der Waals surface area contributed by atoms with Crippen LogP contribution < -0.4 is 0 Å². The van der Waals surface area contributed by atoms with Gasteiger partial charge in [-0.05, 0) is 35.6 Å². The molecule has 0 radical (unpaired) electrons. The number of benzene rings is 2. The average Bonchev–Trinajstić information content (AvgIpc) is 3.12. The SMILES string of the molecule is CO.Cc1ccc(Cn2ccc3ccc(C4CC(O)CC(CO)O4)cc32)cc1. The summed E-state index contributed by atoms with van der Waals surface area (Å²) in [6.07, 6.45) is 2.28. The summed E-state index contributed by atoms with van der Waals surface area (Å²) in [5.74, 6) is 0. The highest BCUT2D eigenvalue weighted by Gasteiger charge is 2.29. The van der Waals surface area contributed by atoms with Gasteiger partial charge in [-0.1, -0.05) is 42.0 Å². The Kier molecular flexibility index (Phi) is 6.86. The van der Waals surface area contributed by atoms with Crippen LogP contribution in [0.25, 0.3) is 10.9 Å². The molecule has 0 amide bonds. The van der Waals surface area contributed by atoms with Crippen LogP contribution in [0.4, 0.5) is 0 Å². The van der Waals surface area contributed by atoms with E-state index in [9.17, 15) is 10.2 Å². The molecule has 1 aliphatic heterocycles. The summed E-state index contributed by atoms with van der Waals surface area (Å²) >= 11 is 0. The summed E-state index contributed by atoms with van der Waals surface area (Å²) in [7, 11) is 1.00. The first kappa shape index (κ1) is 20.6. The van der Waals surface area contributed by atoms with E-state index in [1.54, 1.807) is 0 Å².